The number of halogens is 1. The normalized spacial score (nSPS) is 15.5. The Morgan fingerprint density at radius 1 is 1.38 bits per heavy atom. The summed E-state index contributed by atoms with van der Waals surface area (Å²) >= 11 is 5.76. The first-order chi connectivity index (χ1) is 12.5. The van der Waals surface area contributed by atoms with Crippen LogP contribution in [0.4, 0.5) is 4.79 Å². The molecule has 140 valence electrons. The van der Waals surface area contributed by atoms with Gasteiger partial charge in [-0.25, -0.2) is 9.78 Å². The number of piperidine rings is 1. The molecule has 1 aliphatic rings. The Labute approximate surface area is 156 Å². The lowest BCUT2D eigenvalue weighted by atomic mass is 10.1. The Morgan fingerprint density at radius 2 is 2.15 bits per heavy atom. The summed E-state index contributed by atoms with van der Waals surface area (Å²) in [5.74, 6) is 0.843. The van der Waals surface area contributed by atoms with Crippen molar-refractivity contribution in [2.24, 2.45) is 0 Å². The van der Waals surface area contributed by atoms with Gasteiger partial charge in [0.25, 0.3) is 5.89 Å². The highest BCUT2D eigenvalue weighted by Crippen LogP contribution is 2.19. The third kappa shape index (κ3) is 4.92. The van der Waals surface area contributed by atoms with Crippen molar-refractivity contribution in [1.29, 1.82) is 0 Å². The van der Waals surface area contributed by atoms with Gasteiger partial charge in [-0.1, -0.05) is 16.8 Å². The van der Waals surface area contributed by atoms with Crippen molar-refractivity contribution in [3.8, 4) is 11.5 Å². The van der Waals surface area contributed by atoms with E-state index in [9.17, 15) is 4.79 Å². The lowest BCUT2D eigenvalue weighted by molar-refractivity contribution is -0.00899. The zero-order valence-corrected chi connectivity index (χ0v) is 15.5. The number of likely N-dealkylation sites (tertiary alicyclic amines) is 1. The minimum Gasteiger partial charge on any atom is -0.447 e. The number of nitrogens with zero attached hydrogens (tertiary/aromatic N) is 4. The summed E-state index contributed by atoms with van der Waals surface area (Å²) in [5, 5.41) is 4.32. The van der Waals surface area contributed by atoms with Gasteiger partial charge >= 0.3 is 6.09 Å². The molecule has 1 aliphatic heterocycles. The van der Waals surface area contributed by atoms with Gasteiger partial charge in [-0.3, -0.25) is 0 Å². The van der Waals surface area contributed by atoms with Crippen LogP contribution in [-0.4, -0.2) is 51.4 Å². The molecule has 0 N–H and O–H groups in total. The first-order valence-corrected chi connectivity index (χ1v) is 8.90. The number of hydrogen-bond donors (Lipinski definition) is 0. The quantitative estimate of drug-likeness (QED) is 0.735. The van der Waals surface area contributed by atoms with Gasteiger partial charge in [0.2, 0.25) is 0 Å². The van der Waals surface area contributed by atoms with E-state index in [4.69, 9.17) is 25.6 Å². The average Bonchev–Trinajstić information content (AvgIpc) is 3.09. The highest BCUT2D eigenvalue weighted by atomic mass is 35.5. The number of carbonyl (C=O) groups is 1. The molecule has 0 aromatic carbocycles. The molecule has 1 amide bonds. The van der Waals surface area contributed by atoms with Crippen molar-refractivity contribution in [2.45, 2.75) is 45.5 Å². The molecule has 0 spiro atoms. The molecule has 0 unspecified atom stereocenters. The molecule has 3 rings (SSSR count). The Morgan fingerprint density at radius 3 is 2.81 bits per heavy atom. The van der Waals surface area contributed by atoms with E-state index >= 15 is 0 Å². The summed E-state index contributed by atoms with van der Waals surface area (Å²) in [4.78, 5) is 21.9. The minimum absolute atomic E-state index is 0.0530. The summed E-state index contributed by atoms with van der Waals surface area (Å²) in [5.41, 5.74) is 0.699. The third-order valence-electron chi connectivity index (χ3n) is 3.93. The number of rotatable bonds is 5. The second-order valence-electron chi connectivity index (χ2n) is 6.32. The van der Waals surface area contributed by atoms with E-state index in [-0.39, 0.29) is 24.9 Å². The predicted molar refractivity (Wildman–Crippen MR) is 93.5 cm³/mol. The number of ether oxygens (including phenoxy) is 2. The smallest absolute Gasteiger partial charge is 0.410 e. The fourth-order valence-electron chi connectivity index (χ4n) is 2.61. The molecule has 0 saturated carbocycles. The molecule has 2 aromatic heterocycles. The van der Waals surface area contributed by atoms with Crippen molar-refractivity contribution in [1.82, 2.24) is 20.0 Å². The standard InChI is InChI=1S/C17H21ClN4O4/c1-11(2)25-17(23)22-7-5-13(6-8-22)24-10-15-20-16(26-21-15)12-3-4-14(18)19-9-12/h3-4,9,11,13H,5-8,10H2,1-2H3. The monoisotopic (exact) mass is 380 g/mol. The van der Waals surface area contributed by atoms with Gasteiger partial charge in [0, 0.05) is 19.3 Å². The van der Waals surface area contributed by atoms with Gasteiger partial charge in [-0.15, -0.1) is 0 Å². The molecule has 8 nitrogen and oxygen atoms in total. The zero-order chi connectivity index (χ0) is 18.5. The maximum Gasteiger partial charge on any atom is 0.410 e. The molecule has 2 aromatic rings. The maximum atomic E-state index is 11.9. The second kappa shape index (κ2) is 8.46. The van der Waals surface area contributed by atoms with Crippen LogP contribution in [0, 0.1) is 0 Å². The van der Waals surface area contributed by atoms with E-state index in [1.54, 1.807) is 23.2 Å². The molecule has 0 radical (unpaired) electrons. The third-order valence-corrected chi connectivity index (χ3v) is 4.15. The van der Waals surface area contributed by atoms with Gasteiger partial charge in [0.1, 0.15) is 11.8 Å². The van der Waals surface area contributed by atoms with E-state index in [1.165, 1.54) is 0 Å². The van der Waals surface area contributed by atoms with Crippen molar-refractivity contribution < 1.29 is 18.8 Å². The van der Waals surface area contributed by atoms with E-state index in [0.29, 0.717) is 35.5 Å². The summed E-state index contributed by atoms with van der Waals surface area (Å²) in [7, 11) is 0. The molecule has 0 bridgehead atoms. The fourth-order valence-corrected chi connectivity index (χ4v) is 2.72. The molecular formula is C17H21ClN4O4. The van der Waals surface area contributed by atoms with Crippen LogP contribution in [0.3, 0.4) is 0 Å². The molecule has 0 aliphatic carbocycles. The predicted octanol–water partition coefficient (Wildman–Crippen LogP) is 3.31. The number of hydrogen-bond acceptors (Lipinski definition) is 7. The van der Waals surface area contributed by atoms with Gasteiger partial charge in [0.15, 0.2) is 5.82 Å². The van der Waals surface area contributed by atoms with Crippen LogP contribution < -0.4 is 0 Å². The second-order valence-corrected chi connectivity index (χ2v) is 6.70. The van der Waals surface area contributed by atoms with Gasteiger partial charge in [-0.2, -0.15) is 4.98 Å². The van der Waals surface area contributed by atoms with Gasteiger partial charge < -0.3 is 18.9 Å². The molecule has 9 heteroatoms. The maximum absolute atomic E-state index is 11.9. The topological polar surface area (TPSA) is 90.6 Å². The fraction of sp³-hybridized carbons (Fsp3) is 0.529. The van der Waals surface area contributed by atoms with Crippen molar-refractivity contribution in [2.75, 3.05) is 13.1 Å². The molecule has 3 heterocycles. The first kappa shape index (κ1) is 18.6. The van der Waals surface area contributed by atoms with E-state index in [2.05, 4.69) is 15.1 Å². The van der Waals surface area contributed by atoms with E-state index < -0.39 is 0 Å². The number of pyridine rings is 1. The number of amides is 1. The molecule has 0 atom stereocenters. The Bertz CT molecular complexity index is 727. The molecule has 26 heavy (non-hydrogen) atoms. The Balaban J connectivity index is 1.46. The largest absolute Gasteiger partial charge is 0.447 e. The van der Waals surface area contributed by atoms with Crippen LogP contribution in [0.15, 0.2) is 22.9 Å². The van der Waals surface area contributed by atoms with Gasteiger partial charge in [0.05, 0.1) is 17.8 Å². The van der Waals surface area contributed by atoms with Crippen LogP contribution in [0.5, 0.6) is 0 Å². The Hall–Kier alpha value is -2.19. The van der Waals surface area contributed by atoms with E-state index in [1.807, 2.05) is 13.8 Å². The van der Waals surface area contributed by atoms with Gasteiger partial charge in [-0.05, 0) is 38.8 Å². The summed E-state index contributed by atoms with van der Waals surface area (Å²) in [6, 6.07) is 3.43. The highest BCUT2D eigenvalue weighted by molar-refractivity contribution is 6.29. The van der Waals surface area contributed by atoms with Crippen molar-refractivity contribution in [3.63, 3.8) is 0 Å². The van der Waals surface area contributed by atoms with E-state index in [0.717, 1.165) is 12.8 Å². The summed E-state index contributed by atoms with van der Waals surface area (Å²) in [6.45, 7) is 5.17. The first-order valence-electron chi connectivity index (χ1n) is 8.53. The SMILES string of the molecule is CC(C)OC(=O)N1CCC(OCc2noc(-c3ccc(Cl)nc3)n2)CC1. The lowest BCUT2D eigenvalue weighted by Gasteiger charge is -2.31. The lowest BCUT2D eigenvalue weighted by Crippen LogP contribution is -2.41. The molecule has 1 saturated heterocycles. The van der Waals surface area contributed by atoms with Crippen LogP contribution in [-0.2, 0) is 16.1 Å². The van der Waals surface area contributed by atoms with Crippen LogP contribution in [0.25, 0.3) is 11.5 Å². The average molecular weight is 381 g/mol. The summed E-state index contributed by atoms with van der Waals surface area (Å²) in [6.07, 6.45) is 2.75. The molecule has 1 fully saturated rings. The van der Waals surface area contributed by atoms with Crippen LogP contribution in [0.2, 0.25) is 5.15 Å². The summed E-state index contributed by atoms with van der Waals surface area (Å²) < 4.78 is 16.3. The van der Waals surface area contributed by atoms with Crippen molar-refractivity contribution in [3.05, 3.63) is 29.3 Å². The number of carbonyl (C=O) groups excluding carboxylic acids is 1. The number of aromatic nitrogens is 3. The van der Waals surface area contributed by atoms with Crippen LogP contribution >= 0.6 is 11.6 Å². The van der Waals surface area contributed by atoms with Crippen LogP contribution in [0.1, 0.15) is 32.5 Å². The molecular weight excluding hydrogens is 360 g/mol. The minimum atomic E-state index is -0.266. The Kier molecular flexibility index (Phi) is 6.05. The van der Waals surface area contributed by atoms with Crippen molar-refractivity contribution >= 4 is 17.7 Å². The zero-order valence-electron chi connectivity index (χ0n) is 14.7. The highest BCUT2D eigenvalue weighted by Gasteiger charge is 2.25.